The summed E-state index contributed by atoms with van der Waals surface area (Å²) in [6.45, 7) is 9.25. The quantitative estimate of drug-likeness (QED) is 0.824. The summed E-state index contributed by atoms with van der Waals surface area (Å²) in [5, 5.41) is 7.29. The second-order valence-corrected chi connectivity index (χ2v) is 7.13. The molecule has 0 unspecified atom stereocenters. The second kappa shape index (κ2) is 8.85. The van der Waals surface area contributed by atoms with Gasteiger partial charge in [-0.2, -0.15) is 5.10 Å². The Morgan fingerprint density at radius 3 is 2.73 bits per heavy atom. The van der Waals surface area contributed by atoms with Crippen molar-refractivity contribution in [3.8, 4) is 0 Å². The minimum absolute atomic E-state index is 0.113. The minimum atomic E-state index is 0.113. The summed E-state index contributed by atoms with van der Waals surface area (Å²) in [5.41, 5.74) is 2.56. The second-order valence-electron chi connectivity index (χ2n) is 7.13. The number of carbonyl (C=O) groups is 1. The van der Waals surface area contributed by atoms with Gasteiger partial charge in [-0.25, -0.2) is 0 Å². The van der Waals surface area contributed by atoms with Crippen LogP contribution in [0.4, 0.5) is 5.69 Å². The molecule has 2 aromatic rings. The number of nitrogens with one attached hydrogen (secondary N) is 1. The van der Waals surface area contributed by atoms with E-state index < -0.39 is 0 Å². The molecule has 0 radical (unpaired) electrons. The Labute approximate surface area is 155 Å². The molecule has 1 amide bonds. The SMILES string of the molecule is Cc1cccc(N2CCN(CC(=O)N[C@@H](C)CCn3cccn3)CC2)c1. The van der Waals surface area contributed by atoms with Gasteiger partial charge >= 0.3 is 0 Å². The summed E-state index contributed by atoms with van der Waals surface area (Å²) < 4.78 is 1.90. The molecule has 2 heterocycles. The van der Waals surface area contributed by atoms with Gasteiger partial charge in [-0.1, -0.05) is 12.1 Å². The molecule has 26 heavy (non-hydrogen) atoms. The normalized spacial score (nSPS) is 16.5. The zero-order valence-electron chi connectivity index (χ0n) is 15.8. The maximum atomic E-state index is 12.3. The number of hydrogen-bond acceptors (Lipinski definition) is 4. The highest BCUT2D eigenvalue weighted by molar-refractivity contribution is 5.78. The maximum absolute atomic E-state index is 12.3. The first-order chi connectivity index (χ1) is 12.6. The molecule has 1 saturated heterocycles. The Kier molecular flexibility index (Phi) is 6.28. The Bertz CT molecular complexity index is 692. The fourth-order valence-electron chi connectivity index (χ4n) is 3.34. The molecule has 1 aromatic carbocycles. The van der Waals surface area contributed by atoms with Crippen molar-refractivity contribution in [3.05, 3.63) is 48.3 Å². The number of nitrogens with zero attached hydrogens (tertiary/aromatic N) is 4. The third kappa shape index (κ3) is 5.33. The van der Waals surface area contributed by atoms with Gasteiger partial charge in [-0.05, 0) is 44.0 Å². The number of benzene rings is 1. The van der Waals surface area contributed by atoms with Gasteiger partial charge < -0.3 is 10.2 Å². The van der Waals surface area contributed by atoms with E-state index in [-0.39, 0.29) is 11.9 Å². The predicted molar refractivity (Wildman–Crippen MR) is 104 cm³/mol. The van der Waals surface area contributed by atoms with E-state index in [1.807, 2.05) is 16.9 Å². The van der Waals surface area contributed by atoms with E-state index in [4.69, 9.17) is 0 Å². The van der Waals surface area contributed by atoms with Crippen molar-refractivity contribution in [2.45, 2.75) is 32.9 Å². The summed E-state index contributed by atoms with van der Waals surface area (Å²) in [4.78, 5) is 16.9. The molecule has 1 aromatic heterocycles. The van der Waals surface area contributed by atoms with Crippen LogP contribution in [0.25, 0.3) is 0 Å². The van der Waals surface area contributed by atoms with Crippen molar-refractivity contribution in [1.82, 2.24) is 20.0 Å². The number of rotatable bonds is 7. The molecule has 6 heteroatoms. The first kappa shape index (κ1) is 18.5. The molecular formula is C20H29N5O. The van der Waals surface area contributed by atoms with Crippen LogP contribution in [-0.4, -0.2) is 59.4 Å². The molecule has 0 saturated carbocycles. The van der Waals surface area contributed by atoms with E-state index in [0.29, 0.717) is 6.54 Å². The van der Waals surface area contributed by atoms with Gasteiger partial charge in [0.05, 0.1) is 6.54 Å². The summed E-state index contributed by atoms with van der Waals surface area (Å²) >= 11 is 0. The van der Waals surface area contributed by atoms with E-state index in [1.54, 1.807) is 6.20 Å². The van der Waals surface area contributed by atoms with Crippen molar-refractivity contribution < 1.29 is 4.79 Å². The average molecular weight is 355 g/mol. The Balaban J connectivity index is 1.37. The first-order valence-electron chi connectivity index (χ1n) is 9.41. The zero-order valence-corrected chi connectivity index (χ0v) is 15.8. The molecule has 1 N–H and O–H groups in total. The third-order valence-corrected chi connectivity index (χ3v) is 4.86. The van der Waals surface area contributed by atoms with Crippen LogP contribution in [0.15, 0.2) is 42.7 Å². The molecule has 1 aliphatic heterocycles. The first-order valence-corrected chi connectivity index (χ1v) is 9.41. The highest BCUT2D eigenvalue weighted by atomic mass is 16.2. The standard InChI is InChI=1S/C20H29N5O/c1-17-5-3-6-19(15-17)24-13-11-23(12-14-24)16-20(26)22-18(2)7-10-25-9-4-8-21-25/h3-6,8-9,15,18H,7,10-14,16H2,1-2H3,(H,22,26)/t18-/m0/s1. The molecule has 140 valence electrons. The molecule has 6 nitrogen and oxygen atoms in total. The fraction of sp³-hybridized carbons (Fsp3) is 0.500. The smallest absolute Gasteiger partial charge is 0.234 e. The van der Waals surface area contributed by atoms with Crippen molar-refractivity contribution in [1.29, 1.82) is 0 Å². The third-order valence-electron chi connectivity index (χ3n) is 4.86. The van der Waals surface area contributed by atoms with Crippen LogP contribution in [0.5, 0.6) is 0 Å². The topological polar surface area (TPSA) is 53.4 Å². The number of aryl methyl sites for hydroxylation is 2. The summed E-state index contributed by atoms with van der Waals surface area (Å²) in [6, 6.07) is 10.7. The monoisotopic (exact) mass is 355 g/mol. The van der Waals surface area contributed by atoms with Crippen LogP contribution in [0.3, 0.4) is 0 Å². The van der Waals surface area contributed by atoms with E-state index in [9.17, 15) is 4.79 Å². The number of aromatic nitrogens is 2. The van der Waals surface area contributed by atoms with Gasteiger partial charge in [0.1, 0.15) is 0 Å². The fourth-order valence-corrected chi connectivity index (χ4v) is 3.34. The van der Waals surface area contributed by atoms with Crippen LogP contribution in [0, 0.1) is 6.92 Å². The van der Waals surface area contributed by atoms with Crippen LogP contribution in [0.1, 0.15) is 18.9 Å². The lowest BCUT2D eigenvalue weighted by Gasteiger charge is -2.36. The largest absolute Gasteiger partial charge is 0.369 e. The van der Waals surface area contributed by atoms with E-state index in [0.717, 1.165) is 39.1 Å². The van der Waals surface area contributed by atoms with Crippen molar-refractivity contribution in [2.24, 2.45) is 0 Å². The van der Waals surface area contributed by atoms with Crippen molar-refractivity contribution in [3.63, 3.8) is 0 Å². The number of hydrogen-bond donors (Lipinski definition) is 1. The van der Waals surface area contributed by atoms with Gasteiger partial charge in [-0.3, -0.25) is 14.4 Å². The van der Waals surface area contributed by atoms with Crippen molar-refractivity contribution in [2.75, 3.05) is 37.6 Å². The van der Waals surface area contributed by atoms with Gasteiger partial charge in [0.15, 0.2) is 0 Å². The molecule has 0 spiro atoms. The molecule has 0 bridgehead atoms. The van der Waals surface area contributed by atoms with Crippen molar-refractivity contribution >= 4 is 11.6 Å². The average Bonchev–Trinajstić information content (AvgIpc) is 3.14. The lowest BCUT2D eigenvalue weighted by Crippen LogP contribution is -2.50. The lowest BCUT2D eigenvalue weighted by molar-refractivity contribution is -0.123. The molecule has 1 atom stereocenters. The molecular weight excluding hydrogens is 326 g/mol. The summed E-state index contributed by atoms with van der Waals surface area (Å²) in [6.07, 6.45) is 4.61. The number of piperazine rings is 1. The van der Waals surface area contributed by atoms with Crippen LogP contribution < -0.4 is 10.2 Å². The number of amides is 1. The Morgan fingerprint density at radius 2 is 2.04 bits per heavy atom. The van der Waals surface area contributed by atoms with Gasteiger partial charge in [0.2, 0.25) is 5.91 Å². The Hall–Kier alpha value is -2.34. The minimum Gasteiger partial charge on any atom is -0.369 e. The Morgan fingerprint density at radius 1 is 1.23 bits per heavy atom. The van der Waals surface area contributed by atoms with E-state index in [1.165, 1.54) is 11.3 Å². The lowest BCUT2D eigenvalue weighted by atomic mass is 10.2. The van der Waals surface area contributed by atoms with Gasteiger partial charge in [-0.15, -0.1) is 0 Å². The molecule has 3 rings (SSSR count). The highest BCUT2D eigenvalue weighted by Gasteiger charge is 2.19. The number of carbonyl (C=O) groups excluding carboxylic acids is 1. The summed E-state index contributed by atoms with van der Waals surface area (Å²) in [5.74, 6) is 0.113. The van der Waals surface area contributed by atoms with E-state index >= 15 is 0 Å². The predicted octanol–water partition coefficient (Wildman–Crippen LogP) is 1.91. The highest BCUT2D eigenvalue weighted by Crippen LogP contribution is 2.17. The van der Waals surface area contributed by atoms with Crippen LogP contribution in [-0.2, 0) is 11.3 Å². The summed E-state index contributed by atoms with van der Waals surface area (Å²) in [7, 11) is 0. The molecule has 1 aliphatic rings. The molecule has 1 fully saturated rings. The van der Waals surface area contributed by atoms with Gasteiger partial charge in [0, 0.05) is 56.8 Å². The zero-order chi connectivity index (χ0) is 18.4. The molecule has 0 aliphatic carbocycles. The van der Waals surface area contributed by atoms with Crippen LogP contribution in [0.2, 0.25) is 0 Å². The van der Waals surface area contributed by atoms with Gasteiger partial charge in [0.25, 0.3) is 0 Å². The van der Waals surface area contributed by atoms with Crippen LogP contribution >= 0.6 is 0 Å². The maximum Gasteiger partial charge on any atom is 0.234 e. The number of anilines is 1. The van der Waals surface area contributed by atoms with E-state index in [2.05, 4.69) is 58.3 Å².